The van der Waals surface area contributed by atoms with Gasteiger partial charge in [-0.05, 0) is 41.5 Å². The van der Waals surface area contributed by atoms with E-state index in [0.29, 0.717) is 13.2 Å². The summed E-state index contributed by atoms with van der Waals surface area (Å²) in [5, 5.41) is 2.87. The van der Waals surface area contributed by atoms with E-state index in [-0.39, 0.29) is 18.1 Å². The van der Waals surface area contributed by atoms with Gasteiger partial charge < -0.3 is 14.8 Å². The Morgan fingerprint density at radius 2 is 1.80 bits per heavy atom. The van der Waals surface area contributed by atoms with Crippen molar-refractivity contribution in [2.45, 2.75) is 58.7 Å². The minimum Gasteiger partial charge on any atom is -0.444 e. The lowest BCUT2D eigenvalue weighted by Crippen LogP contribution is -2.59. The second kappa shape index (κ2) is 5.99. The van der Waals surface area contributed by atoms with E-state index in [1.165, 1.54) is 4.90 Å². The van der Waals surface area contributed by atoms with Gasteiger partial charge in [-0.25, -0.2) is 4.79 Å². The fraction of sp³-hybridized carbons (Fsp3) is 0.857. The molecule has 0 aromatic rings. The van der Waals surface area contributed by atoms with Gasteiger partial charge in [0, 0.05) is 12.1 Å². The van der Waals surface area contributed by atoms with Crippen LogP contribution in [0, 0.1) is 0 Å². The molecule has 1 atom stereocenters. The van der Waals surface area contributed by atoms with Gasteiger partial charge >= 0.3 is 6.09 Å². The zero-order valence-corrected chi connectivity index (χ0v) is 13.3. The average molecular weight is 286 g/mol. The van der Waals surface area contributed by atoms with Crippen LogP contribution < -0.4 is 5.32 Å². The highest BCUT2D eigenvalue weighted by atomic mass is 16.6. The first-order valence-electron chi connectivity index (χ1n) is 6.89. The number of hydrogen-bond acceptors (Lipinski definition) is 4. The molecule has 1 N–H and O–H groups in total. The van der Waals surface area contributed by atoms with Crippen LogP contribution in [0.25, 0.3) is 0 Å². The lowest BCUT2D eigenvalue weighted by Gasteiger charge is -2.37. The van der Waals surface area contributed by atoms with E-state index in [1.54, 1.807) is 20.8 Å². The summed E-state index contributed by atoms with van der Waals surface area (Å²) in [4.78, 5) is 25.9. The minimum absolute atomic E-state index is 0.196. The molecule has 0 radical (unpaired) electrons. The van der Waals surface area contributed by atoms with Crippen LogP contribution in [-0.4, -0.2) is 53.8 Å². The Kier molecular flexibility index (Phi) is 5.02. The summed E-state index contributed by atoms with van der Waals surface area (Å²) in [7, 11) is 0. The summed E-state index contributed by atoms with van der Waals surface area (Å²) >= 11 is 0. The smallest absolute Gasteiger partial charge is 0.411 e. The predicted molar refractivity (Wildman–Crippen MR) is 75.4 cm³/mol. The summed E-state index contributed by atoms with van der Waals surface area (Å²) in [6, 6.07) is -0.641. The minimum atomic E-state index is -0.641. The maximum atomic E-state index is 12.3. The molecule has 1 heterocycles. The quantitative estimate of drug-likeness (QED) is 0.794. The SMILES string of the molecule is CC(C)(C)NC(=O)[C@@H]1COCCN1C(=O)OC(C)(C)C. The maximum absolute atomic E-state index is 12.3. The van der Waals surface area contributed by atoms with E-state index < -0.39 is 17.7 Å². The highest BCUT2D eigenvalue weighted by Gasteiger charge is 2.36. The largest absolute Gasteiger partial charge is 0.444 e. The Morgan fingerprint density at radius 3 is 2.30 bits per heavy atom. The van der Waals surface area contributed by atoms with Gasteiger partial charge in [0.15, 0.2) is 0 Å². The van der Waals surface area contributed by atoms with E-state index in [9.17, 15) is 9.59 Å². The number of nitrogens with one attached hydrogen (secondary N) is 1. The van der Waals surface area contributed by atoms with Crippen LogP contribution >= 0.6 is 0 Å². The summed E-state index contributed by atoms with van der Waals surface area (Å²) in [6.45, 7) is 12.1. The topological polar surface area (TPSA) is 67.9 Å². The summed E-state index contributed by atoms with van der Waals surface area (Å²) in [6.07, 6.45) is -0.477. The molecular formula is C14H26N2O4. The van der Waals surface area contributed by atoms with Gasteiger partial charge in [0.2, 0.25) is 5.91 Å². The van der Waals surface area contributed by atoms with Crippen LogP contribution in [0.15, 0.2) is 0 Å². The predicted octanol–water partition coefficient (Wildman–Crippen LogP) is 1.54. The van der Waals surface area contributed by atoms with Crippen molar-refractivity contribution in [2.24, 2.45) is 0 Å². The number of morpholine rings is 1. The molecule has 1 rings (SSSR count). The van der Waals surface area contributed by atoms with Crippen molar-refractivity contribution in [3.63, 3.8) is 0 Å². The zero-order valence-electron chi connectivity index (χ0n) is 13.3. The maximum Gasteiger partial charge on any atom is 0.411 e. The first kappa shape index (κ1) is 16.8. The number of amides is 2. The highest BCUT2D eigenvalue weighted by Crippen LogP contribution is 2.15. The molecule has 2 amide bonds. The molecule has 116 valence electrons. The van der Waals surface area contributed by atoms with E-state index in [0.717, 1.165) is 0 Å². The summed E-state index contributed by atoms with van der Waals surface area (Å²) in [5.41, 5.74) is -0.936. The molecular weight excluding hydrogens is 260 g/mol. The van der Waals surface area contributed by atoms with Crippen molar-refractivity contribution >= 4 is 12.0 Å². The Bertz CT molecular complexity index is 332. The van der Waals surface area contributed by atoms with Crippen LogP contribution in [0.4, 0.5) is 4.79 Å². The van der Waals surface area contributed by atoms with E-state index in [2.05, 4.69) is 5.32 Å². The van der Waals surface area contributed by atoms with Crippen molar-refractivity contribution in [1.82, 2.24) is 10.2 Å². The van der Waals surface area contributed by atoms with Crippen LogP contribution in [0.3, 0.4) is 0 Å². The first-order valence-corrected chi connectivity index (χ1v) is 6.89. The number of hydrogen-bond donors (Lipinski definition) is 1. The fourth-order valence-electron chi connectivity index (χ4n) is 1.81. The molecule has 0 spiro atoms. The first-order chi connectivity index (χ1) is 8.99. The number of nitrogens with zero attached hydrogens (tertiary/aromatic N) is 1. The second-order valence-electron chi connectivity index (χ2n) is 7.00. The van der Waals surface area contributed by atoms with Crippen molar-refractivity contribution in [2.75, 3.05) is 19.8 Å². The molecule has 0 aromatic heterocycles. The third-order valence-electron chi connectivity index (χ3n) is 2.56. The third kappa shape index (κ3) is 5.36. The Morgan fingerprint density at radius 1 is 1.20 bits per heavy atom. The Hall–Kier alpha value is -1.30. The molecule has 6 heteroatoms. The summed E-state index contributed by atoms with van der Waals surface area (Å²) < 4.78 is 10.7. The van der Waals surface area contributed by atoms with Crippen LogP contribution in [0.1, 0.15) is 41.5 Å². The molecule has 1 fully saturated rings. The van der Waals surface area contributed by atoms with Crippen molar-refractivity contribution in [1.29, 1.82) is 0 Å². The lowest BCUT2D eigenvalue weighted by atomic mass is 10.1. The van der Waals surface area contributed by atoms with Crippen molar-refractivity contribution < 1.29 is 19.1 Å². The second-order valence-corrected chi connectivity index (χ2v) is 7.00. The molecule has 0 saturated carbocycles. The molecule has 1 aliphatic heterocycles. The fourth-order valence-corrected chi connectivity index (χ4v) is 1.81. The van der Waals surface area contributed by atoms with Gasteiger partial charge in [0.05, 0.1) is 13.2 Å². The Labute approximate surface area is 120 Å². The number of rotatable bonds is 1. The highest BCUT2D eigenvalue weighted by molar-refractivity contribution is 5.86. The lowest BCUT2D eigenvalue weighted by molar-refractivity contribution is -0.133. The van der Waals surface area contributed by atoms with Gasteiger partial charge in [-0.2, -0.15) is 0 Å². The van der Waals surface area contributed by atoms with E-state index >= 15 is 0 Å². The monoisotopic (exact) mass is 286 g/mol. The zero-order chi connectivity index (χ0) is 15.6. The van der Waals surface area contributed by atoms with Gasteiger partial charge in [-0.15, -0.1) is 0 Å². The molecule has 0 bridgehead atoms. The molecule has 1 saturated heterocycles. The molecule has 0 unspecified atom stereocenters. The van der Waals surface area contributed by atoms with Crippen molar-refractivity contribution in [3.8, 4) is 0 Å². The van der Waals surface area contributed by atoms with Crippen molar-refractivity contribution in [3.05, 3.63) is 0 Å². The molecule has 6 nitrogen and oxygen atoms in total. The molecule has 20 heavy (non-hydrogen) atoms. The average Bonchev–Trinajstić information content (AvgIpc) is 2.24. The number of ether oxygens (including phenoxy) is 2. The van der Waals surface area contributed by atoms with Gasteiger partial charge in [0.25, 0.3) is 0 Å². The number of carbonyl (C=O) groups is 2. The standard InChI is InChI=1S/C14H26N2O4/c1-13(2,3)15-11(17)10-9-19-8-7-16(10)12(18)20-14(4,5)6/h10H,7-9H2,1-6H3,(H,15,17)/t10-/m0/s1. The Balaban J connectivity index is 2.76. The normalized spacial score (nSPS) is 20.5. The van der Waals surface area contributed by atoms with Gasteiger partial charge in [-0.3, -0.25) is 9.69 Å². The van der Waals surface area contributed by atoms with Gasteiger partial charge in [0.1, 0.15) is 11.6 Å². The number of carbonyl (C=O) groups excluding carboxylic acids is 2. The molecule has 0 aromatic carbocycles. The van der Waals surface area contributed by atoms with Crippen LogP contribution in [-0.2, 0) is 14.3 Å². The molecule has 1 aliphatic rings. The van der Waals surface area contributed by atoms with E-state index in [4.69, 9.17) is 9.47 Å². The van der Waals surface area contributed by atoms with E-state index in [1.807, 2.05) is 20.8 Å². The molecule has 0 aliphatic carbocycles. The third-order valence-corrected chi connectivity index (χ3v) is 2.56. The van der Waals surface area contributed by atoms with Gasteiger partial charge in [-0.1, -0.05) is 0 Å². The van der Waals surface area contributed by atoms with Crippen LogP contribution in [0.2, 0.25) is 0 Å². The summed E-state index contributed by atoms with van der Waals surface area (Å²) in [5.74, 6) is -0.219. The van der Waals surface area contributed by atoms with Crippen LogP contribution in [0.5, 0.6) is 0 Å².